The molecule has 18 heavy (non-hydrogen) atoms. The summed E-state index contributed by atoms with van der Waals surface area (Å²) in [5.41, 5.74) is 3.13. The van der Waals surface area contributed by atoms with Crippen LogP contribution < -0.4 is 0 Å². The summed E-state index contributed by atoms with van der Waals surface area (Å²) in [6.07, 6.45) is 0.171. The molecule has 1 amide bonds. The maximum absolute atomic E-state index is 11.4. The zero-order valence-electron chi connectivity index (χ0n) is 10.2. The van der Waals surface area contributed by atoms with E-state index in [1.54, 1.807) is 6.92 Å². The van der Waals surface area contributed by atoms with E-state index in [9.17, 15) is 9.59 Å². The van der Waals surface area contributed by atoms with Crippen molar-refractivity contribution in [1.29, 1.82) is 0 Å². The summed E-state index contributed by atoms with van der Waals surface area (Å²) in [5.74, 6) is 0.624. The molecule has 94 valence electrons. The number of carbonyl (C=O) groups excluding carboxylic acids is 1. The van der Waals surface area contributed by atoms with Crippen molar-refractivity contribution in [2.45, 2.75) is 25.2 Å². The van der Waals surface area contributed by atoms with Crippen molar-refractivity contribution in [1.82, 2.24) is 4.90 Å². The van der Waals surface area contributed by atoms with Gasteiger partial charge in [-0.05, 0) is 30.5 Å². The summed E-state index contributed by atoms with van der Waals surface area (Å²) in [6, 6.07) is 5.81. The number of rotatable bonds is 1. The fourth-order valence-electron chi connectivity index (χ4n) is 3.23. The third-order valence-electron chi connectivity index (χ3n) is 4.09. The molecule has 1 saturated heterocycles. The highest BCUT2D eigenvalue weighted by Crippen LogP contribution is 2.46. The van der Waals surface area contributed by atoms with Gasteiger partial charge in [-0.25, -0.2) is 4.79 Å². The number of amides is 1. The molecule has 2 atom stereocenters. The number of carboxylic acid groups (broad SMARTS) is 1. The molecule has 3 rings (SSSR count). The van der Waals surface area contributed by atoms with E-state index in [1.165, 1.54) is 16.0 Å². The Balaban J connectivity index is 1.99. The highest BCUT2D eigenvalue weighted by atomic mass is 16.4. The highest BCUT2D eigenvalue weighted by Gasteiger charge is 2.39. The zero-order valence-corrected chi connectivity index (χ0v) is 10.2. The molecule has 1 heterocycles. The van der Waals surface area contributed by atoms with Crippen molar-refractivity contribution in [3.05, 3.63) is 34.9 Å². The van der Waals surface area contributed by atoms with Crippen molar-refractivity contribution in [3.8, 4) is 0 Å². The van der Waals surface area contributed by atoms with E-state index < -0.39 is 6.09 Å². The number of benzene rings is 1. The zero-order chi connectivity index (χ0) is 12.9. The summed E-state index contributed by atoms with van der Waals surface area (Å²) in [6.45, 7) is 2.70. The molecular weight excluding hydrogens is 230 g/mol. The van der Waals surface area contributed by atoms with Gasteiger partial charge in [0.1, 0.15) is 0 Å². The number of hydrogen-bond donors (Lipinski definition) is 1. The first-order valence-electron chi connectivity index (χ1n) is 6.19. The van der Waals surface area contributed by atoms with E-state index in [0.717, 1.165) is 12.0 Å². The summed E-state index contributed by atoms with van der Waals surface area (Å²) in [7, 11) is 0. The van der Waals surface area contributed by atoms with Crippen LogP contribution >= 0.6 is 0 Å². The molecule has 0 saturated carbocycles. The van der Waals surface area contributed by atoms with Crippen LogP contribution in [-0.2, 0) is 0 Å². The molecule has 4 nitrogen and oxygen atoms in total. The Morgan fingerprint density at radius 1 is 1.22 bits per heavy atom. The number of hydrogen-bond acceptors (Lipinski definition) is 2. The van der Waals surface area contributed by atoms with Gasteiger partial charge in [-0.15, -0.1) is 0 Å². The summed E-state index contributed by atoms with van der Waals surface area (Å²) >= 11 is 0. The lowest BCUT2D eigenvalue weighted by Crippen LogP contribution is -2.38. The number of Topliss-reactive ketones (excluding diaryl/α,β-unsaturated/α-hetero) is 1. The number of fused-ring (bicyclic) bond motifs is 5. The van der Waals surface area contributed by atoms with E-state index in [2.05, 4.69) is 0 Å². The van der Waals surface area contributed by atoms with Crippen LogP contribution in [0.3, 0.4) is 0 Å². The van der Waals surface area contributed by atoms with Crippen LogP contribution in [0.5, 0.6) is 0 Å². The largest absolute Gasteiger partial charge is 0.465 e. The van der Waals surface area contributed by atoms with E-state index in [1.807, 2.05) is 18.2 Å². The molecule has 1 N–H and O–H groups in total. The molecule has 2 bridgehead atoms. The molecule has 0 radical (unpaired) electrons. The van der Waals surface area contributed by atoms with Crippen molar-refractivity contribution < 1.29 is 14.7 Å². The Morgan fingerprint density at radius 2 is 1.89 bits per heavy atom. The molecule has 2 aliphatic rings. The van der Waals surface area contributed by atoms with Crippen LogP contribution in [0.25, 0.3) is 0 Å². The third-order valence-corrected chi connectivity index (χ3v) is 4.09. The second-order valence-electron chi connectivity index (χ2n) is 5.22. The van der Waals surface area contributed by atoms with Gasteiger partial charge in [0, 0.05) is 30.5 Å². The highest BCUT2D eigenvalue weighted by molar-refractivity contribution is 5.94. The first-order valence-corrected chi connectivity index (χ1v) is 6.19. The topological polar surface area (TPSA) is 57.6 Å². The maximum Gasteiger partial charge on any atom is 0.407 e. The van der Waals surface area contributed by atoms with Crippen LogP contribution in [0.1, 0.15) is 46.7 Å². The molecule has 1 aliphatic heterocycles. The van der Waals surface area contributed by atoms with Gasteiger partial charge in [0.2, 0.25) is 0 Å². The minimum absolute atomic E-state index is 0.0642. The van der Waals surface area contributed by atoms with Crippen molar-refractivity contribution in [2.24, 2.45) is 0 Å². The lowest BCUT2D eigenvalue weighted by atomic mass is 9.96. The van der Waals surface area contributed by atoms with E-state index >= 15 is 0 Å². The number of likely N-dealkylation sites (tertiary alicyclic amines) is 1. The summed E-state index contributed by atoms with van der Waals surface area (Å²) < 4.78 is 0. The molecule has 1 aromatic carbocycles. The molecule has 1 aliphatic carbocycles. The maximum atomic E-state index is 11.4. The van der Waals surface area contributed by atoms with Gasteiger partial charge in [-0.1, -0.05) is 12.1 Å². The predicted molar refractivity (Wildman–Crippen MR) is 66.1 cm³/mol. The molecule has 4 heteroatoms. The second-order valence-corrected chi connectivity index (χ2v) is 5.22. The minimum atomic E-state index is -0.843. The Kier molecular flexibility index (Phi) is 2.40. The van der Waals surface area contributed by atoms with Gasteiger partial charge in [0.15, 0.2) is 5.78 Å². The molecule has 1 aromatic rings. The molecule has 0 aromatic heterocycles. The summed E-state index contributed by atoms with van der Waals surface area (Å²) in [4.78, 5) is 24.0. The Labute approximate surface area is 105 Å². The fraction of sp³-hybridized carbons (Fsp3) is 0.429. The Morgan fingerprint density at radius 3 is 2.50 bits per heavy atom. The van der Waals surface area contributed by atoms with Crippen LogP contribution in [0.15, 0.2) is 18.2 Å². The Hall–Kier alpha value is -1.84. The second kappa shape index (κ2) is 3.83. The first-order chi connectivity index (χ1) is 8.56. The minimum Gasteiger partial charge on any atom is -0.465 e. The average molecular weight is 245 g/mol. The number of piperidine rings is 1. The molecule has 1 fully saturated rings. The lowest BCUT2D eigenvalue weighted by molar-refractivity contribution is 0.101. The van der Waals surface area contributed by atoms with E-state index in [-0.39, 0.29) is 11.7 Å². The molecular formula is C14H15NO3. The van der Waals surface area contributed by atoms with Crippen LogP contribution in [0.4, 0.5) is 4.79 Å². The van der Waals surface area contributed by atoms with Crippen molar-refractivity contribution in [2.75, 3.05) is 13.1 Å². The number of carbonyl (C=O) groups is 2. The molecule has 2 unspecified atom stereocenters. The average Bonchev–Trinajstić information content (AvgIpc) is 2.60. The van der Waals surface area contributed by atoms with Gasteiger partial charge in [0.25, 0.3) is 0 Å². The smallest absolute Gasteiger partial charge is 0.407 e. The number of ketones is 1. The molecule has 0 spiro atoms. The quantitative estimate of drug-likeness (QED) is 0.773. The normalized spacial score (nSPS) is 24.8. The summed E-state index contributed by atoms with van der Waals surface area (Å²) in [5, 5.41) is 9.10. The Bertz CT molecular complexity index is 538. The van der Waals surface area contributed by atoms with E-state index in [0.29, 0.717) is 19.0 Å². The van der Waals surface area contributed by atoms with Gasteiger partial charge in [0.05, 0.1) is 0 Å². The van der Waals surface area contributed by atoms with Gasteiger partial charge >= 0.3 is 6.09 Å². The SMILES string of the molecule is CC(=O)c1ccc2c(c1)C1CC2CN(C(=O)O)C1. The van der Waals surface area contributed by atoms with Crippen LogP contribution in [-0.4, -0.2) is 35.0 Å². The van der Waals surface area contributed by atoms with E-state index in [4.69, 9.17) is 5.11 Å². The third kappa shape index (κ3) is 1.60. The standard InChI is InChI=1S/C14H15NO3/c1-8(16)9-2-3-12-10-4-11(13(12)5-9)7-15(6-10)14(17)18/h2-3,5,10-11H,4,6-7H2,1H3,(H,17,18). The van der Waals surface area contributed by atoms with Gasteiger partial charge in [-0.2, -0.15) is 0 Å². The van der Waals surface area contributed by atoms with Crippen molar-refractivity contribution in [3.63, 3.8) is 0 Å². The lowest BCUT2D eigenvalue weighted by Gasteiger charge is -2.29. The monoisotopic (exact) mass is 245 g/mol. The van der Waals surface area contributed by atoms with Gasteiger partial charge < -0.3 is 10.0 Å². The fourth-order valence-corrected chi connectivity index (χ4v) is 3.23. The van der Waals surface area contributed by atoms with Crippen LogP contribution in [0, 0.1) is 0 Å². The van der Waals surface area contributed by atoms with Crippen molar-refractivity contribution >= 4 is 11.9 Å². The van der Waals surface area contributed by atoms with Crippen LogP contribution in [0.2, 0.25) is 0 Å². The predicted octanol–water partition coefficient (Wildman–Crippen LogP) is 2.45. The number of nitrogens with zero attached hydrogens (tertiary/aromatic N) is 1. The first kappa shape index (κ1) is 11.3. The van der Waals surface area contributed by atoms with Gasteiger partial charge in [-0.3, -0.25) is 4.79 Å².